The lowest BCUT2D eigenvalue weighted by Crippen LogP contribution is -2.36. The van der Waals surface area contributed by atoms with Gasteiger partial charge in [0.1, 0.15) is 12.7 Å². The Hall–Kier alpha value is -1.83. The van der Waals surface area contributed by atoms with Crippen LogP contribution in [0.5, 0.6) is 11.5 Å². The molecule has 0 bridgehead atoms. The number of benzene rings is 1. The molecule has 1 aromatic rings. The van der Waals surface area contributed by atoms with Crippen molar-refractivity contribution in [1.29, 1.82) is 0 Å². The van der Waals surface area contributed by atoms with E-state index < -0.39 is 6.10 Å². The first-order valence-electron chi connectivity index (χ1n) is 8.96. The molecule has 0 unspecified atom stereocenters. The number of likely N-dealkylation sites (N-methyl/N-ethyl adjacent to an activating group) is 1. The molecule has 1 amide bonds. The molecule has 0 saturated carbocycles. The Kier molecular flexibility index (Phi) is 10.0. The molecule has 1 rings (SSSR count). The molecule has 26 heavy (non-hydrogen) atoms. The molecule has 0 aliphatic heterocycles. The summed E-state index contributed by atoms with van der Waals surface area (Å²) in [4.78, 5) is 12.9. The number of methoxy groups -OCH3 is 1. The van der Waals surface area contributed by atoms with Gasteiger partial charge < -0.3 is 30.1 Å². The third kappa shape index (κ3) is 8.51. The summed E-state index contributed by atoms with van der Waals surface area (Å²) in [5, 5.41) is 16.1. The molecule has 0 fully saturated rings. The van der Waals surface area contributed by atoms with Crippen molar-refractivity contribution in [2.75, 3.05) is 40.4 Å². The minimum Gasteiger partial charge on any atom is -0.493 e. The molecule has 0 aliphatic carbocycles. The van der Waals surface area contributed by atoms with Gasteiger partial charge in [0.2, 0.25) is 5.91 Å². The zero-order chi connectivity index (χ0) is 19.5. The highest BCUT2D eigenvalue weighted by Crippen LogP contribution is 2.28. The van der Waals surface area contributed by atoms with Crippen LogP contribution in [0.3, 0.4) is 0 Å². The maximum atomic E-state index is 10.8. The van der Waals surface area contributed by atoms with Crippen LogP contribution in [0.1, 0.15) is 26.3 Å². The van der Waals surface area contributed by atoms with Gasteiger partial charge in [-0.1, -0.05) is 6.07 Å². The predicted molar refractivity (Wildman–Crippen MR) is 103 cm³/mol. The summed E-state index contributed by atoms with van der Waals surface area (Å²) in [7, 11) is 3.57. The molecule has 1 aromatic carbocycles. The van der Waals surface area contributed by atoms with E-state index in [0.29, 0.717) is 43.7 Å². The van der Waals surface area contributed by atoms with Gasteiger partial charge >= 0.3 is 0 Å². The molecule has 0 radical (unpaired) electrons. The zero-order valence-corrected chi connectivity index (χ0v) is 16.5. The van der Waals surface area contributed by atoms with E-state index in [4.69, 9.17) is 9.47 Å². The van der Waals surface area contributed by atoms with Crippen LogP contribution >= 0.6 is 0 Å². The molecule has 0 aliphatic rings. The maximum Gasteiger partial charge on any atom is 0.216 e. The Morgan fingerprint density at radius 3 is 2.62 bits per heavy atom. The van der Waals surface area contributed by atoms with Crippen LogP contribution in [0.25, 0.3) is 0 Å². The Morgan fingerprint density at radius 2 is 2.00 bits per heavy atom. The summed E-state index contributed by atoms with van der Waals surface area (Å²) in [5.41, 5.74) is 1.05. The van der Waals surface area contributed by atoms with Crippen molar-refractivity contribution >= 4 is 5.91 Å². The number of hydrogen-bond donors (Lipinski definition) is 3. The van der Waals surface area contributed by atoms with Crippen LogP contribution in [0.15, 0.2) is 18.2 Å². The monoisotopic (exact) mass is 367 g/mol. The molecule has 3 N–H and O–H groups in total. The van der Waals surface area contributed by atoms with Crippen molar-refractivity contribution in [3.63, 3.8) is 0 Å². The summed E-state index contributed by atoms with van der Waals surface area (Å²) < 4.78 is 11.1. The van der Waals surface area contributed by atoms with Gasteiger partial charge in [-0.25, -0.2) is 0 Å². The number of nitrogens with one attached hydrogen (secondary N) is 2. The molecule has 0 aromatic heterocycles. The summed E-state index contributed by atoms with van der Waals surface area (Å²) in [6.07, 6.45) is -0.567. The number of ether oxygens (including phenoxy) is 2. The van der Waals surface area contributed by atoms with Crippen LogP contribution in [-0.2, 0) is 11.3 Å². The molecule has 7 nitrogen and oxygen atoms in total. The van der Waals surface area contributed by atoms with E-state index in [9.17, 15) is 9.90 Å². The summed E-state index contributed by atoms with van der Waals surface area (Å²) in [6.45, 7) is 8.38. The fraction of sp³-hybridized carbons (Fsp3) is 0.632. The minimum absolute atomic E-state index is 0.0308. The van der Waals surface area contributed by atoms with E-state index >= 15 is 0 Å². The number of hydrogen-bond acceptors (Lipinski definition) is 6. The number of carbonyl (C=O) groups is 1. The maximum absolute atomic E-state index is 10.8. The fourth-order valence-corrected chi connectivity index (χ4v) is 2.28. The molecular weight excluding hydrogens is 334 g/mol. The Bertz CT molecular complexity index is 552. The normalized spacial score (nSPS) is 12.3. The van der Waals surface area contributed by atoms with Crippen molar-refractivity contribution in [2.45, 2.75) is 39.5 Å². The second-order valence-electron chi connectivity index (χ2n) is 6.64. The average Bonchev–Trinajstić information content (AvgIpc) is 2.59. The van der Waals surface area contributed by atoms with E-state index in [1.165, 1.54) is 6.92 Å². The number of aliphatic hydroxyl groups is 1. The van der Waals surface area contributed by atoms with Crippen molar-refractivity contribution in [1.82, 2.24) is 15.5 Å². The molecule has 0 heterocycles. The quantitative estimate of drug-likeness (QED) is 0.478. The molecular formula is C19H33N3O4. The number of amides is 1. The Balaban J connectivity index is 2.48. The SMILES string of the molecule is COc1cc(CNCCNC(C)=O)ccc1OC[C@H](O)CN(C)C(C)C. The van der Waals surface area contributed by atoms with Gasteiger partial charge in [0.25, 0.3) is 0 Å². The third-order valence-electron chi connectivity index (χ3n) is 4.04. The number of nitrogens with zero attached hydrogens (tertiary/aromatic N) is 1. The largest absolute Gasteiger partial charge is 0.493 e. The lowest BCUT2D eigenvalue weighted by atomic mass is 10.2. The second-order valence-corrected chi connectivity index (χ2v) is 6.64. The highest BCUT2D eigenvalue weighted by molar-refractivity contribution is 5.72. The molecule has 1 atom stereocenters. The average molecular weight is 367 g/mol. The van der Waals surface area contributed by atoms with E-state index in [0.717, 1.165) is 5.56 Å². The predicted octanol–water partition coefficient (Wildman–Crippen LogP) is 1.00. The Labute approximate surface area is 156 Å². The van der Waals surface area contributed by atoms with Crippen molar-refractivity contribution in [3.8, 4) is 11.5 Å². The van der Waals surface area contributed by atoms with Gasteiger partial charge in [0.15, 0.2) is 11.5 Å². The van der Waals surface area contributed by atoms with Crippen molar-refractivity contribution < 1.29 is 19.4 Å². The van der Waals surface area contributed by atoms with Crippen LogP contribution in [0.2, 0.25) is 0 Å². The third-order valence-corrected chi connectivity index (χ3v) is 4.04. The number of aliphatic hydroxyl groups excluding tert-OH is 1. The fourth-order valence-electron chi connectivity index (χ4n) is 2.28. The van der Waals surface area contributed by atoms with Crippen LogP contribution in [-0.4, -0.2) is 68.5 Å². The van der Waals surface area contributed by atoms with Crippen molar-refractivity contribution in [2.24, 2.45) is 0 Å². The van der Waals surface area contributed by atoms with Gasteiger partial charge in [-0.2, -0.15) is 0 Å². The highest BCUT2D eigenvalue weighted by atomic mass is 16.5. The van der Waals surface area contributed by atoms with E-state index in [1.807, 2.05) is 25.2 Å². The van der Waals surface area contributed by atoms with Gasteiger partial charge in [-0.15, -0.1) is 0 Å². The van der Waals surface area contributed by atoms with Gasteiger partial charge in [0, 0.05) is 39.1 Å². The molecule has 0 spiro atoms. The topological polar surface area (TPSA) is 83.1 Å². The van der Waals surface area contributed by atoms with Crippen LogP contribution < -0.4 is 20.1 Å². The first-order chi connectivity index (χ1) is 12.3. The first-order valence-corrected chi connectivity index (χ1v) is 8.96. The van der Waals surface area contributed by atoms with Crippen LogP contribution in [0, 0.1) is 0 Å². The van der Waals surface area contributed by atoms with E-state index in [-0.39, 0.29) is 12.5 Å². The summed E-state index contributed by atoms with van der Waals surface area (Å²) >= 11 is 0. The number of rotatable bonds is 12. The standard InChI is InChI=1S/C19H33N3O4/c1-14(2)22(4)12-17(24)13-26-18-7-6-16(10-19(18)25-5)11-20-8-9-21-15(3)23/h6-7,10,14,17,20,24H,8-9,11-13H2,1-5H3,(H,21,23)/t17-/m1/s1. The van der Waals surface area contributed by atoms with Gasteiger partial charge in [-0.05, 0) is 38.6 Å². The highest BCUT2D eigenvalue weighted by Gasteiger charge is 2.13. The lowest BCUT2D eigenvalue weighted by Gasteiger charge is -2.24. The summed E-state index contributed by atoms with van der Waals surface area (Å²) in [6, 6.07) is 6.09. The van der Waals surface area contributed by atoms with Gasteiger partial charge in [-0.3, -0.25) is 4.79 Å². The molecule has 0 saturated heterocycles. The summed E-state index contributed by atoms with van der Waals surface area (Å²) in [5.74, 6) is 1.22. The second kappa shape index (κ2) is 11.7. The first kappa shape index (κ1) is 22.2. The van der Waals surface area contributed by atoms with E-state index in [1.54, 1.807) is 7.11 Å². The van der Waals surface area contributed by atoms with Crippen molar-refractivity contribution in [3.05, 3.63) is 23.8 Å². The lowest BCUT2D eigenvalue weighted by molar-refractivity contribution is -0.118. The van der Waals surface area contributed by atoms with Crippen LogP contribution in [0.4, 0.5) is 0 Å². The zero-order valence-electron chi connectivity index (χ0n) is 16.5. The van der Waals surface area contributed by atoms with Gasteiger partial charge in [0.05, 0.1) is 7.11 Å². The smallest absolute Gasteiger partial charge is 0.216 e. The minimum atomic E-state index is -0.567. The molecule has 7 heteroatoms. The Morgan fingerprint density at radius 1 is 1.27 bits per heavy atom. The van der Waals surface area contributed by atoms with E-state index in [2.05, 4.69) is 29.4 Å². The molecule has 148 valence electrons. The number of carbonyl (C=O) groups excluding carboxylic acids is 1.